The van der Waals surface area contributed by atoms with Crippen LogP contribution in [0.3, 0.4) is 0 Å². The Bertz CT molecular complexity index is 1240. The number of piperidine rings is 2. The summed E-state index contributed by atoms with van der Waals surface area (Å²) in [5.41, 5.74) is 3.96. The molecule has 1 aliphatic carbocycles. The van der Waals surface area contributed by atoms with Crippen molar-refractivity contribution in [3.05, 3.63) is 53.3 Å². The van der Waals surface area contributed by atoms with Crippen LogP contribution in [0.4, 0.5) is 14.9 Å². The van der Waals surface area contributed by atoms with Crippen LogP contribution in [0, 0.1) is 22.6 Å². The molecular formula is C29H33FN4O3. The number of fused-ring (bicyclic) bond motifs is 2. The third-order valence-electron chi connectivity index (χ3n) is 9.17. The smallest absolute Gasteiger partial charge is 0.405 e. The van der Waals surface area contributed by atoms with Gasteiger partial charge in [0.05, 0.1) is 17.7 Å². The number of rotatable bonds is 5. The van der Waals surface area contributed by atoms with E-state index in [9.17, 15) is 19.6 Å². The highest BCUT2D eigenvalue weighted by Gasteiger charge is 2.50. The molecule has 2 aromatic rings. The summed E-state index contributed by atoms with van der Waals surface area (Å²) in [6.07, 6.45) is 5.08. The van der Waals surface area contributed by atoms with Crippen LogP contribution in [0.2, 0.25) is 0 Å². The summed E-state index contributed by atoms with van der Waals surface area (Å²) < 4.78 is 20.4. The number of nitrogens with zero attached hydrogens (tertiary/aromatic N) is 3. The van der Waals surface area contributed by atoms with Gasteiger partial charge in [0.25, 0.3) is 0 Å². The van der Waals surface area contributed by atoms with Crippen LogP contribution in [0.1, 0.15) is 49.7 Å². The van der Waals surface area contributed by atoms with Crippen molar-refractivity contribution in [1.82, 2.24) is 10.2 Å². The van der Waals surface area contributed by atoms with Gasteiger partial charge in [-0.2, -0.15) is 5.26 Å². The highest BCUT2D eigenvalue weighted by molar-refractivity contribution is 5.80. The van der Waals surface area contributed by atoms with E-state index in [0.29, 0.717) is 18.0 Å². The van der Waals surface area contributed by atoms with E-state index in [1.165, 1.54) is 6.07 Å². The van der Waals surface area contributed by atoms with Gasteiger partial charge < -0.3 is 20.1 Å². The maximum absolute atomic E-state index is 14.7. The monoisotopic (exact) mass is 504 g/mol. The number of nitriles is 1. The molecular weight excluding hydrogens is 471 g/mol. The maximum atomic E-state index is 14.7. The van der Waals surface area contributed by atoms with Gasteiger partial charge in [-0.25, -0.2) is 9.18 Å². The quantitative estimate of drug-likeness (QED) is 0.611. The Morgan fingerprint density at radius 3 is 2.73 bits per heavy atom. The number of carbonyl (C=O) groups is 1. The minimum Gasteiger partial charge on any atom is -0.465 e. The predicted molar refractivity (Wildman–Crippen MR) is 138 cm³/mol. The lowest BCUT2D eigenvalue weighted by Crippen LogP contribution is -2.50. The zero-order valence-electron chi connectivity index (χ0n) is 21.0. The van der Waals surface area contributed by atoms with Gasteiger partial charge in [0, 0.05) is 50.1 Å². The van der Waals surface area contributed by atoms with Crippen molar-refractivity contribution in [1.29, 1.82) is 5.26 Å². The third kappa shape index (κ3) is 4.55. The molecule has 2 aromatic carbocycles. The molecule has 37 heavy (non-hydrogen) atoms. The van der Waals surface area contributed by atoms with E-state index in [-0.39, 0.29) is 11.1 Å². The number of halogens is 1. The second-order valence-corrected chi connectivity index (χ2v) is 11.5. The Hall–Kier alpha value is -3.15. The summed E-state index contributed by atoms with van der Waals surface area (Å²) in [4.78, 5) is 16.1. The Labute approximate surface area is 216 Å². The molecule has 3 aliphatic heterocycles. The van der Waals surface area contributed by atoms with Gasteiger partial charge in [-0.1, -0.05) is 12.1 Å². The van der Waals surface area contributed by atoms with E-state index in [2.05, 4.69) is 33.3 Å². The fourth-order valence-electron chi connectivity index (χ4n) is 7.10. The molecule has 1 spiro atoms. The molecule has 1 amide bonds. The van der Waals surface area contributed by atoms with Crippen molar-refractivity contribution in [2.45, 2.75) is 56.7 Å². The number of amides is 1. The Morgan fingerprint density at radius 1 is 1.19 bits per heavy atom. The average Bonchev–Trinajstić information content (AvgIpc) is 3.59. The molecule has 2 bridgehead atoms. The number of hydrogen-bond donors (Lipinski definition) is 2. The van der Waals surface area contributed by atoms with E-state index in [1.807, 2.05) is 12.1 Å². The van der Waals surface area contributed by atoms with Gasteiger partial charge >= 0.3 is 6.09 Å². The first-order valence-corrected chi connectivity index (χ1v) is 13.3. The lowest BCUT2D eigenvalue weighted by Gasteiger charge is -2.40. The van der Waals surface area contributed by atoms with Gasteiger partial charge in [0.2, 0.25) is 0 Å². The summed E-state index contributed by atoms with van der Waals surface area (Å²) in [7, 11) is 0. The standard InChI is InChI=1S/C29H33FN4O3/c30-25-14-21(2-3-22(25)16-31)24-13-20(17-34-18-29(32-27(35)36)6-5-23(34)15-29)1-4-26(24)33-10-7-28(8-11-33)9-12-37-19-28/h1-4,13-14,23,32H,5-12,15,17-19H2,(H,35,36)/t23-,29-/m0/s1. The number of benzene rings is 2. The van der Waals surface area contributed by atoms with Crippen LogP contribution in [0.25, 0.3) is 11.1 Å². The van der Waals surface area contributed by atoms with E-state index in [1.54, 1.807) is 6.07 Å². The first-order valence-electron chi connectivity index (χ1n) is 13.3. The molecule has 8 heteroatoms. The molecule has 3 saturated heterocycles. The van der Waals surface area contributed by atoms with Gasteiger partial charge in [-0.3, -0.25) is 4.90 Å². The maximum Gasteiger partial charge on any atom is 0.405 e. The lowest BCUT2D eigenvalue weighted by atomic mass is 9.78. The van der Waals surface area contributed by atoms with Crippen molar-refractivity contribution >= 4 is 11.8 Å². The fourth-order valence-corrected chi connectivity index (χ4v) is 7.10. The van der Waals surface area contributed by atoms with E-state index < -0.39 is 11.9 Å². The van der Waals surface area contributed by atoms with Crippen molar-refractivity contribution in [2.24, 2.45) is 5.41 Å². The Balaban J connectivity index is 1.28. The van der Waals surface area contributed by atoms with E-state index in [0.717, 1.165) is 93.8 Å². The highest BCUT2D eigenvalue weighted by atomic mass is 19.1. The second kappa shape index (κ2) is 9.30. The minimum atomic E-state index is -0.954. The van der Waals surface area contributed by atoms with Crippen LogP contribution < -0.4 is 10.2 Å². The predicted octanol–water partition coefficient (Wildman–Crippen LogP) is 4.75. The van der Waals surface area contributed by atoms with Gasteiger partial charge in [0.1, 0.15) is 11.9 Å². The molecule has 0 radical (unpaired) electrons. The molecule has 194 valence electrons. The van der Waals surface area contributed by atoms with Crippen molar-refractivity contribution in [2.75, 3.05) is 37.7 Å². The zero-order valence-corrected chi connectivity index (χ0v) is 21.0. The largest absolute Gasteiger partial charge is 0.465 e. The van der Waals surface area contributed by atoms with Gasteiger partial charge in [-0.05, 0) is 79.3 Å². The Morgan fingerprint density at radius 2 is 2.03 bits per heavy atom. The summed E-state index contributed by atoms with van der Waals surface area (Å²) in [5.74, 6) is -0.504. The lowest BCUT2D eigenvalue weighted by molar-refractivity contribution is 0.134. The van der Waals surface area contributed by atoms with Gasteiger partial charge in [0.15, 0.2) is 0 Å². The zero-order chi connectivity index (χ0) is 25.6. The summed E-state index contributed by atoms with van der Waals surface area (Å²) in [5, 5.41) is 21.3. The number of likely N-dealkylation sites (tertiary alicyclic amines) is 1. The number of hydrogen-bond acceptors (Lipinski definition) is 5. The van der Waals surface area contributed by atoms with Crippen LogP contribution in [-0.2, 0) is 11.3 Å². The normalized spacial score (nSPS) is 26.5. The SMILES string of the molecule is N#Cc1ccc(-c2cc(CN3C[C@]4(NC(=O)O)CC[C@H]3C4)ccc2N2CCC3(CCOC3)CC2)cc1F. The number of ether oxygens (including phenoxy) is 1. The summed E-state index contributed by atoms with van der Waals surface area (Å²) in [6, 6.07) is 13.6. The van der Waals surface area contributed by atoms with Gasteiger partial charge in [-0.15, -0.1) is 0 Å². The van der Waals surface area contributed by atoms with E-state index in [4.69, 9.17) is 4.74 Å². The molecule has 2 N–H and O–H groups in total. The second-order valence-electron chi connectivity index (χ2n) is 11.5. The molecule has 4 aliphatic rings. The summed E-state index contributed by atoms with van der Waals surface area (Å²) >= 11 is 0. The van der Waals surface area contributed by atoms with Crippen molar-refractivity contribution in [3.8, 4) is 17.2 Å². The molecule has 1 saturated carbocycles. The summed E-state index contributed by atoms with van der Waals surface area (Å²) in [6.45, 7) is 5.01. The molecule has 3 heterocycles. The molecule has 6 rings (SSSR count). The molecule has 0 aromatic heterocycles. The highest BCUT2D eigenvalue weighted by Crippen LogP contribution is 2.44. The first kappa shape index (κ1) is 24.2. The Kier molecular flexibility index (Phi) is 6.09. The average molecular weight is 505 g/mol. The number of nitrogens with one attached hydrogen (secondary N) is 1. The molecule has 4 fully saturated rings. The molecule has 0 unspecified atom stereocenters. The molecule has 2 atom stereocenters. The van der Waals surface area contributed by atoms with Crippen LogP contribution in [0.5, 0.6) is 0 Å². The van der Waals surface area contributed by atoms with Crippen LogP contribution in [-0.4, -0.2) is 60.5 Å². The van der Waals surface area contributed by atoms with Crippen molar-refractivity contribution in [3.63, 3.8) is 0 Å². The number of anilines is 1. The fraction of sp³-hybridized carbons (Fsp3) is 0.517. The third-order valence-corrected chi connectivity index (χ3v) is 9.17. The van der Waals surface area contributed by atoms with Crippen LogP contribution in [0.15, 0.2) is 36.4 Å². The van der Waals surface area contributed by atoms with E-state index >= 15 is 0 Å². The molecule has 7 nitrogen and oxygen atoms in total. The topological polar surface area (TPSA) is 88.8 Å². The van der Waals surface area contributed by atoms with Crippen molar-refractivity contribution < 1.29 is 19.0 Å². The van der Waals surface area contributed by atoms with Crippen LogP contribution >= 0.6 is 0 Å². The number of carboxylic acid groups (broad SMARTS) is 1. The first-order chi connectivity index (χ1) is 17.9. The minimum absolute atomic E-state index is 0.0481.